The number of nitrogens with zero attached hydrogens (tertiary/aromatic N) is 4. The molecule has 10 nitrogen and oxygen atoms in total. The van der Waals surface area contributed by atoms with E-state index in [0.29, 0.717) is 43.6 Å². The topological polar surface area (TPSA) is 134 Å². The molecule has 1 N–H and O–H groups in total. The Morgan fingerprint density at radius 3 is 1.59 bits per heavy atom. The highest BCUT2D eigenvalue weighted by atomic mass is 127. The second-order valence-corrected chi connectivity index (χ2v) is 12.1. The van der Waals surface area contributed by atoms with Crippen LogP contribution in [0.4, 0.5) is 0 Å². The van der Waals surface area contributed by atoms with Crippen molar-refractivity contribution in [2.24, 2.45) is 0 Å². The lowest BCUT2D eigenvalue weighted by molar-refractivity contribution is -0.156. The van der Waals surface area contributed by atoms with Gasteiger partial charge in [0.2, 0.25) is 5.28 Å². The minimum Gasteiger partial charge on any atom is -0.463 e. The zero-order valence-corrected chi connectivity index (χ0v) is 27.0. The maximum Gasteiger partial charge on any atom is 0.316 e. The number of rotatable bonds is 8. The molecule has 0 spiro atoms. The van der Waals surface area contributed by atoms with Crippen molar-refractivity contribution in [2.75, 3.05) is 13.2 Å². The number of halogens is 3. The molecule has 0 aliphatic rings. The summed E-state index contributed by atoms with van der Waals surface area (Å²) in [5.41, 5.74) is -0.844. The van der Waals surface area contributed by atoms with Gasteiger partial charge in [-0.3, -0.25) is 9.59 Å². The van der Waals surface area contributed by atoms with Crippen molar-refractivity contribution in [3.8, 4) is 6.01 Å². The van der Waals surface area contributed by atoms with Gasteiger partial charge >= 0.3 is 17.9 Å². The Hall–Kier alpha value is -1.39. The van der Waals surface area contributed by atoms with Crippen LogP contribution in [0.15, 0.2) is 24.8 Å². The molecule has 0 saturated heterocycles. The van der Waals surface area contributed by atoms with Crippen LogP contribution in [0, 0.1) is 7.14 Å². The van der Waals surface area contributed by atoms with E-state index in [0.717, 1.165) is 7.14 Å². The number of carbonyl (C=O) groups excluding carboxylic acids is 2. The number of ether oxygens (including phenoxy) is 3. The first kappa shape index (κ1) is 35.6. The second-order valence-electron chi connectivity index (χ2n) is 9.31. The van der Waals surface area contributed by atoms with E-state index >= 15 is 0 Å². The van der Waals surface area contributed by atoms with E-state index in [4.69, 9.17) is 30.9 Å². The van der Waals surface area contributed by atoms with Crippen molar-refractivity contribution in [3.63, 3.8) is 0 Å². The Labute approximate surface area is 251 Å². The lowest BCUT2D eigenvalue weighted by Crippen LogP contribution is -2.24. The molecule has 0 aliphatic carbocycles. The lowest BCUT2D eigenvalue weighted by atomic mass is 10.2. The van der Waals surface area contributed by atoms with E-state index in [1.54, 1.807) is 24.8 Å². The summed E-state index contributed by atoms with van der Waals surface area (Å²) in [4.78, 5) is 37.7. The Morgan fingerprint density at radius 1 is 0.811 bits per heavy atom. The highest BCUT2D eigenvalue weighted by Crippen LogP contribution is 2.10. The van der Waals surface area contributed by atoms with Crippen LogP contribution in [0.25, 0.3) is 0 Å². The fourth-order valence-electron chi connectivity index (χ4n) is 2.06. The molecule has 0 fully saturated rings. The van der Waals surface area contributed by atoms with Gasteiger partial charge in [-0.25, -0.2) is 19.9 Å². The van der Waals surface area contributed by atoms with Gasteiger partial charge in [0.1, 0.15) is 11.2 Å². The van der Waals surface area contributed by atoms with Gasteiger partial charge < -0.3 is 19.3 Å². The van der Waals surface area contributed by atoms with Crippen molar-refractivity contribution in [1.29, 1.82) is 0 Å². The average Bonchev–Trinajstić information content (AvgIpc) is 2.77. The van der Waals surface area contributed by atoms with Crippen LogP contribution in [-0.4, -0.2) is 61.4 Å². The maximum atomic E-state index is 11.4. The van der Waals surface area contributed by atoms with E-state index in [1.165, 1.54) is 0 Å². The maximum absolute atomic E-state index is 11.4. The Balaban J connectivity index is 0.000000579. The molecule has 208 valence electrons. The summed E-state index contributed by atoms with van der Waals surface area (Å²) in [7, 11) is 0. The van der Waals surface area contributed by atoms with Crippen LogP contribution in [0.2, 0.25) is 5.28 Å². The highest BCUT2D eigenvalue weighted by Gasteiger charge is 2.16. The van der Waals surface area contributed by atoms with Crippen LogP contribution in [0.3, 0.4) is 0 Å². The largest absolute Gasteiger partial charge is 0.463 e. The van der Waals surface area contributed by atoms with Gasteiger partial charge in [0.25, 0.3) is 0 Å². The fraction of sp³-hybridized carbons (Fsp3) is 0.583. The van der Waals surface area contributed by atoms with Gasteiger partial charge in [-0.05, 0) is 111 Å². The Bertz CT molecular complexity index is 900. The van der Waals surface area contributed by atoms with Crippen molar-refractivity contribution in [1.82, 2.24) is 19.9 Å². The third kappa shape index (κ3) is 23.5. The highest BCUT2D eigenvalue weighted by molar-refractivity contribution is 14.1. The molecule has 2 heterocycles. The number of aliphatic hydroxyl groups is 1. The first-order valence-electron chi connectivity index (χ1n) is 11.4. The van der Waals surface area contributed by atoms with E-state index in [9.17, 15) is 9.59 Å². The molecular formula is C24H35ClI2N4O6. The van der Waals surface area contributed by atoms with Crippen LogP contribution < -0.4 is 4.74 Å². The number of hydrogen-bond acceptors (Lipinski definition) is 10. The van der Waals surface area contributed by atoms with Gasteiger partial charge in [0.05, 0.1) is 6.61 Å². The second kappa shape index (κ2) is 18.8. The van der Waals surface area contributed by atoms with Crippen LogP contribution in [0.1, 0.15) is 67.2 Å². The lowest BCUT2D eigenvalue weighted by Gasteiger charge is -2.19. The van der Waals surface area contributed by atoms with Gasteiger partial charge in [-0.1, -0.05) is 0 Å². The summed E-state index contributed by atoms with van der Waals surface area (Å²) < 4.78 is 17.4. The molecule has 0 atom stereocenters. The molecule has 0 unspecified atom stereocenters. The Morgan fingerprint density at radius 2 is 1.22 bits per heavy atom. The quantitative estimate of drug-likeness (QED) is 0.161. The van der Waals surface area contributed by atoms with Crippen molar-refractivity contribution < 1.29 is 28.9 Å². The van der Waals surface area contributed by atoms with E-state index in [2.05, 4.69) is 65.1 Å². The van der Waals surface area contributed by atoms with Crippen molar-refractivity contribution >= 4 is 68.7 Å². The summed E-state index contributed by atoms with van der Waals surface area (Å²) in [5, 5.41) is 8.70. The van der Waals surface area contributed by atoms with E-state index in [1.807, 2.05) is 41.5 Å². The summed E-state index contributed by atoms with van der Waals surface area (Å²) in [6, 6.07) is 0.333. The van der Waals surface area contributed by atoms with Gasteiger partial charge in [0.15, 0.2) is 0 Å². The third-order valence-corrected chi connectivity index (χ3v) is 4.63. The van der Waals surface area contributed by atoms with Crippen LogP contribution in [-0.2, 0) is 19.1 Å². The molecule has 0 radical (unpaired) electrons. The average molecular weight is 765 g/mol. The molecule has 0 saturated carbocycles. The molecule has 2 aromatic rings. The first-order valence-corrected chi connectivity index (χ1v) is 13.9. The zero-order chi connectivity index (χ0) is 28.5. The number of hydrogen-bond donors (Lipinski definition) is 1. The summed E-state index contributed by atoms with van der Waals surface area (Å²) in [6.45, 7) is 11.5. The zero-order valence-electron chi connectivity index (χ0n) is 22.0. The normalized spacial score (nSPS) is 10.8. The standard InChI is InChI=1S/C12H17IN2O3.C8H16O3.C4H2ClIN2/c1-12(2,3)18-10(16)5-4-6-17-11-14-7-9(13)8-15-11;1-8(2,3)11-7(10)5-4-6-9;5-4-7-1-3(6)2-8-4/h7-8H,4-6H2,1-3H3;9H,4-6H2,1-3H3;1-2H. The summed E-state index contributed by atoms with van der Waals surface area (Å²) in [6.07, 6.45) is 8.38. The predicted molar refractivity (Wildman–Crippen MR) is 157 cm³/mol. The van der Waals surface area contributed by atoms with Gasteiger partial charge in [0, 0.05) is 51.4 Å². The molecule has 2 rings (SSSR count). The molecule has 2 aromatic heterocycles. The third-order valence-electron chi connectivity index (χ3n) is 3.32. The SMILES string of the molecule is CC(C)(C)OC(=O)CCCO.CC(C)(C)OC(=O)CCCOc1ncc(I)cn1.Clc1ncc(I)cn1. The summed E-state index contributed by atoms with van der Waals surface area (Å²) >= 11 is 9.62. The van der Waals surface area contributed by atoms with Gasteiger partial charge in [-0.2, -0.15) is 0 Å². The molecule has 0 bridgehead atoms. The molecule has 0 amide bonds. The van der Waals surface area contributed by atoms with Crippen LogP contribution >= 0.6 is 56.8 Å². The Kier molecular flexibility index (Phi) is 18.1. The minimum absolute atomic E-state index is 0.0409. The molecular weight excluding hydrogens is 730 g/mol. The van der Waals surface area contributed by atoms with E-state index in [-0.39, 0.29) is 18.5 Å². The number of carbonyl (C=O) groups is 2. The molecule has 0 aliphatic heterocycles. The number of esters is 2. The first-order chi connectivity index (χ1) is 17.1. The fourth-order valence-corrected chi connectivity index (χ4v) is 2.71. The molecule has 37 heavy (non-hydrogen) atoms. The molecule has 0 aromatic carbocycles. The monoisotopic (exact) mass is 764 g/mol. The number of aliphatic hydroxyl groups excluding tert-OH is 1. The summed E-state index contributed by atoms with van der Waals surface area (Å²) in [5.74, 6) is -0.457. The predicted octanol–water partition coefficient (Wildman–Crippen LogP) is 5.42. The number of aromatic nitrogens is 4. The van der Waals surface area contributed by atoms with E-state index < -0.39 is 11.2 Å². The van der Waals surface area contributed by atoms with Crippen molar-refractivity contribution in [2.45, 2.75) is 78.4 Å². The van der Waals surface area contributed by atoms with Crippen LogP contribution in [0.5, 0.6) is 6.01 Å². The smallest absolute Gasteiger partial charge is 0.316 e. The van der Waals surface area contributed by atoms with Crippen molar-refractivity contribution in [3.05, 3.63) is 37.2 Å². The molecule has 13 heteroatoms. The van der Waals surface area contributed by atoms with Gasteiger partial charge in [-0.15, -0.1) is 0 Å². The minimum atomic E-state index is -0.433.